The third-order valence-corrected chi connectivity index (χ3v) is 4.35. The van der Waals surface area contributed by atoms with Gasteiger partial charge in [0.1, 0.15) is 5.69 Å². The molecule has 2 rings (SSSR count). The standard InChI is InChI=1S/C17H24N4O2/c1-11(2)17(4,10-18)19-16(23)14-9-15(22)21(20-14)13-7-5-12(3)6-8-13/h5-9,11,20H,10,18H2,1-4H3,(H,19,23). The summed E-state index contributed by atoms with van der Waals surface area (Å²) in [6, 6.07) is 8.77. The lowest BCUT2D eigenvalue weighted by Crippen LogP contribution is -2.55. The zero-order valence-electron chi connectivity index (χ0n) is 14.0. The first kappa shape index (κ1) is 17.0. The van der Waals surface area contributed by atoms with E-state index >= 15 is 0 Å². The summed E-state index contributed by atoms with van der Waals surface area (Å²) in [6.45, 7) is 8.17. The Morgan fingerprint density at radius 1 is 1.35 bits per heavy atom. The van der Waals surface area contributed by atoms with Gasteiger partial charge < -0.3 is 11.1 Å². The van der Waals surface area contributed by atoms with E-state index in [4.69, 9.17) is 5.73 Å². The number of carbonyl (C=O) groups excluding carboxylic acids is 1. The van der Waals surface area contributed by atoms with Crippen molar-refractivity contribution in [3.63, 3.8) is 0 Å². The van der Waals surface area contributed by atoms with Crippen LogP contribution >= 0.6 is 0 Å². The topological polar surface area (TPSA) is 92.9 Å². The first-order valence-corrected chi connectivity index (χ1v) is 7.68. The molecule has 4 N–H and O–H groups in total. The fraction of sp³-hybridized carbons (Fsp3) is 0.412. The molecule has 0 aliphatic heterocycles. The third-order valence-electron chi connectivity index (χ3n) is 4.35. The number of amides is 1. The van der Waals surface area contributed by atoms with E-state index in [1.54, 1.807) is 0 Å². The number of rotatable bonds is 5. The Bertz CT molecular complexity index is 743. The molecule has 1 unspecified atom stereocenters. The van der Waals surface area contributed by atoms with Crippen LogP contribution in [0, 0.1) is 12.8 Å². The highest BCUT2D eigenvalue weighted by Gasteiger charge is 2.29. The van der Waals surface area contributed by atoms with Gasteiger partial charge in [0.15, 0.2) is 0 Å². The molecule has 0 radical (unpaired) electrons. The average Bonchev–Trinajstić information content (AvgIpc) is 2.90. The SMILES string of the molecule is Cc1ccc(-n2[nH]c(C(=O)NC(C)(CN)C(C)C)cc2=O)cc1. The first-order valence-electron chi connectivity index (χ1n) is 7.68. The van der Waals surface area contributed by atoms with Gasteiger partial charge in [-0.1, -0.05) is 31.5 Å². The summed E-state index contributed by atoms with van der Waals surface area (Å²) in [4.78, 5) is 24.6. The van der Waals surface area contributed by atoms with Crippen LogP contribution in [0.2, 0.25) is 0 Å². The van der Waals surface area contributed by atoms with Crippen LogP contribution in [-0.2, 0) is 0 Å². The second kappa shape index (κ2) is 6.42. The van der Waals surface area contributed by atoms with E-state index in [1.807, 2.05) is 52.0 Å². The second-order valence-electron chi connectivity index (χ2n) is 6.41. The molecule has 2 aromatic rings. The van der Waals surface area contributed by atoms with E-state index < -0.39 is 5.54 Å². The molecule has 1 aromatic heterocycles. The third kappa shape index (κ3) is 3.53. The number of H-pyrrole nitrogens is 1. The van der Waals surface area contributed by atoms with Gasteiger partial charge in [-0.3, -0.25) is 14.7 Å². The summed E-state index contributed by atoms with van der Waals surface area (Å²) >= 11 is 0. The molecule has 0 fully saturated rings. The van der Waals surface area contributed by atoms with Crippen molar-refractivity contribution in [2.24, 2.45) is 11.7 Å². The maximum absolute atomic E-state index is 12.4. The fourth-order valence-electron chi connectivity index (χ4n) is 2.16. The smallest absolute Gasteiger partial charge is 0.271 e. The zero-order valence-corrected chi connectivity index (χ0v) is 14.0. The molecule has 1 aromatic carbocycles. The molecule has 0 saturated heterocycles. The van der Waals surface area contributed by atoms with Gasteiger partial charge in [-0.15, -0.1) is 0 Å². The van der Waals surface area contributed by atoms with E-state index in [9.17, 15) is 9.59 Å². The molecule has 124 valence electrons. The number of nitrogens with one attached hydrogen (secondary N) is 2. The molecule has 0 bridgehead atoms. The van der Waals surface area contributed by atoms with Gasteiger partial charge in [-0.05, 0) is 31.9 Å². The molecule has 6 heteroatoms. The van der Waals surface area contributed by atoms with Crippen LogP contribution in [0.3, 0.4) is 0 Å². The summed E-state index contributed by atoms with van der Waals surface area (Å²) < 4.78 is 1.35. The van der Waals surface area contributed by atoms with Gasteiger partial charge in [0.25, 0.3) is 11.5 Å². The number of hydrogen-bond acceptors (Lipinski definition) is 3. The Morgan fingerprint density at radius 2 is 1.96 bits per heavy atom. The van der Waals surface area contributed by atoms with Crippen molar-refractivity contribution in [3.8, 4) is 5.69 Å². The van der Waals surface area contributed by atoms with Crippen molar-refractivity contribution in [1.29, 1.82) is 0 Å². The summed E-state index contributed by atoms with van der Waals surface area (Å²) in [7, 11) is 0. The minimum Gasteiger partial charge on any atom is -0.344 e. The average molecular weight is 316 g/mol. The Labute approximate surface area is 135 Å². The van der Waals surface area contributed by atoms with Gasteiger partial charge in [0.05, 0.1) is 11.2 Å². The lowest BCUT2D eigenvalue weighted by Gasteiger charge is -2.33. The lowest BCUT2D eigenvalue weighted by molar-refractivity contribution is 0.0877. The number of aryl methyl sites for hydroxylation is 1. The number of aromatic amines is 1. The predicted octanol–water partition coefficient (Wildman–Crippen LogP) is 1.58. The van der Waals surface area contributed by atoms with Crippen LogP contribution < -0.4 is 16.6 Å². The summed E-state index contributed by atoms with van der Waals surface area (Å²) in [5.41, 5.74) is 6.98. The maximum atomic E-state index is 12.4. The molecule has 1 atom stereocenters. The van der Waals surface area contributed by atoms with Crippen LogP contribution in [0.5, 0.6) is 0 Å². The second-order valence-corrected chi connectivity index (χ2v) is 6.41. The van der Waals surface area contributed by atoms with Crippen molar-refractivity contribution in [2.75, 3.05) is 6.54 Å². The van der Waals surface area contributed by atoms with Gasteiger partial charge in [-0.2, -0.15) is 0 Å². The Kier molecular flexibility index (Phi) is 4.75. The minimum absolute atomic E-state index is 0.169. The Hall–Kier alpha value is -2.34. The quantitative estimate of drug-likeness (QED) is 0.782. The van der Waals surface area contributed by atoms with Crippen LogP contribution in [0.25, 0.3) is 5.69 Å². The summed E-state index contributed by atoms with van der Waals surface area (Å²) in [5, 5.41) is 5.77. The molecule has 0 saturated carbocycles. The van der Waals surface area contributed by atoms with Gasteiger partial charge in [0.2, 0.25) is 0 Å². The molecule has 6 nitrogen and oxygen atoms in total. The Balaban J connectivity index is 2.29. The number of aromatic nitrogens is 2. The highest BCUT2D eigenvalue weighted by atomic mass is 16.2. The number of hydrogen-bond donors (Lipinski definition) is 3. The van der Waals surface area contributed by atoms with Gasteiger partial charge >= 0.3 is 0 Å². The van der Waals surface area contributed by atoms with E-state index in [0.717, 1.165) is 5.56 Å². The molecule has 1 amide bonds. The normalized spacial score (nSPS) is 13.8. The fourth-order valence-corrected chi connectivity index (χ4v) is 2.16. The number of carbonyl (C=O) groups is 1. The molecular formula is C17H24N4O2. The highest BCUT2D eigenvalue weighted by Crippen LogP contribution is 2.15. The van der Waals surface area contributed by atoms with Crippen LogP contribution in [0.1, 0.15) is 36.8 Å². The van der Waals surface area contributed by atoms with E-state index in [0.29, 0.717) is 12.2 Å². The number of nitrogens with zero attached hydrogens (tertiary/aromatic N) is 1. The van der Waals surface area contributed by atoms with Crippen LogP contribution in [0.15, 0.2) is 35.1 Å². The first-order chi connectivity index (χ1) is 10.8. The van der Waals surface area contributed by atoms with Crippen molar-refractivity contribution in [2.45, 2.75) is 33.2 Å². The van der Waals surface area contributed by atoms with Gasteiger partial charge in [0, 0.05) is 12.6 Å². The monoisotopic (exact) mass is 316 g/mol. The number of benzene rings is 1. The lowest BCUT2D eigenvalue weighted by atomic mass is 9.88. The number of nitrogens with two attached hydrogens (primary N) is 1. The molecule has 23 heavy (non-hydrogen) atoms. The van der Waals surface area contributed by atoms with Crippen molar-refractivity contribution >= 4 is 5.91 Å². The largest absolute Gasteiger partial charge is 0.344 e. The molecule has 1 heterocycles. The van der Waals surface area contributed by atoms with Crippen LogP contribution in [0.4, 0.5) is 0 Å². The summed E-state index contributed by atoms with van der Waals surface area (Å²) in [6.07, 6.45) is 0. The van der Waals surface area contributed by atoms with E-state index in [1.165, 1.54) is 10.7 Å². The van der Waals surface area contributed by atoms with E-state index in [2.05, 4.69) is 10.4 Å². The highest BCUT2D eigenvalue weighted by molar-refractivity contribution is 5.92. The molecular weight excluding hydrogens is 292 g/mol. The molecule has 0 aliphatic rings. The minimum atomic E-state index is -0.528. The molecule has 0 aliphatic carbocycles. The van der Waals surface area contributed by atoms with Crippen molar-refractivity contribution in [1.82, 2.24) is 15.1 Å². The summed E-state index contributed by atoms with van der Waals surface area (Å²) in [5.74, 6) is -0.169. The van der Waals surface area contributed by atoms with Crippen molar-refractivity contribution < 1.29 is 4.79 Å². The Morgan fingerprint density at radius 3 is 2.48 bits per heavy atom. The van der Waals surface area contributed by atoms with E-state index in [-0.39, 0.29) is 23.1 Å². The maximum Gasteiger partial charge on any atom is 0.271 e. The van der Waals surface area contributed by atoms with Crippen LogP contribution in [-0.4, -0.2) is 27.8 Å². The van der Waals surface area contributed by atoms with Gasteiger partial charge in [-0.25, -0.2) is 4.68 Å². The zero-order chi connectivity index (χ0) is 17.2. The predicted molar refractivity (Wildman–Crippen MR) is 90.9 cm³/mol. The molecule has 0 spiro atoms. The van der Waals surface area contributed by atoms with Crippen molar-refractivity contribution in [3.05, 3.63) is 51.9 Å².